The van der Waals surface area contributed by atoms with Gasteiger partial charge in [-0.25, -0.2) is 0 Å². The van der Waals surface area contributed by atoms with Gasteiger partial charge in [-0.3, -0.25) is 15.0 Å². The van der Waals surface area contributed by atoms with Crippen LogP contribution in [0.4, 0.5) is 0 Å². The Kier molecular flexibility index (Phi) is 6.92. The van der Waals surface area contributed by atoms with Crippen LogP contribution in [0.2, 0.25) is 0 Å². The Labute approximate surface area is 122 Å². The quantitative estimate of drug-likeness (QED) is 0.711. The molecule has 20 heavy (non-hydrogen) atoms. The van der Waals surface area contributed by atoms with E-state index in [1.807, 2.05) is 20.8 Å². The summed E-state index contributed by atoms with van der Waals surface area (Å²) in [4.78, 5) is 14.0. The van der Waals surface area contributed by atoms with Crippen LogP contribution in [0.15, 0.2) is 0 Å². The Hall–Kier alpha value is -0.650. The van der Waals surface area contributed by atoms with Crippen molar-refractivity contribution in [1.29, 1.82) is 0 Å². The van der Waals surface area contributed by atoms with Gasteiger partial charge in [0.2, 0.25) is 0 Å². The third-order valence-corrected chi connectivity index (χ3v) is 3.98. The van der Waals surface area contributed by atoms with Crippen molar-refractivity contribution in [3.8, 4) is 0 Å². The van der Waals surface area contributed by atoms with E-state index >= 15 is 0 Å². The standard InChI is InChI=1S/C15H30N2O3/c1-5-15(14(18)19,16-12(2)3)7-6-8-17-9-10-20-13(4)11-17/h12-13,16H,5-11H2,1-4H3,(H,18,19). The lowest BCUT2D eigenvalue weighted by molar-refractivity contribution is -0.146. The van der Waals surface area contributed by atoms with Gasteiger partial charge in [0.15, 0.2) is 0 Å². The number of carboxylic acid groups (broad SMARTS) is 1. The summed E-state index contributed by atoms with van der Waals surface area (Å²) in [5.74, 6) is -0.732. The average molecular weight is 286 g/mol. The molecule has 0 amide bonds. The highest BCUT2D eigenvalue weighted by molar-refractivity contribution is 5.78. The molecule has 2 N–H and O–H groups in total. The van der Waals surface area contributed by atoms with Crippen molar-refractivity contribution >= 4 is 5.97 Å². The third-order valence-electron chi connectivity index (χ3n) is 3.98. The highest BCUT2D eigenvalue weighted by Crippen LogP contribution is 2.20. The first-order chi connectivity index (χ1) is 9.39. The predicted octanol–water partition coefficient (Wildman–Crippen LogP) is 1.72. The van der Waals surface area contributed by atoms with Crippen LogP contribution in [-0.4, -0.2) is 59.9 Å². The molecule has 1 fully saturated rings. The minimum atomic E-state index is -0.786. The SMILES string of the molecule is CCC(CCCN1CCOC(C)C1)(NC(C)C)C(=O)O. The van der Waals surface area contributed by atoms with E-state index in [-0.39, 0.29) is 12.1 Å². The number of morpholine rings is 1. The van der Waals surface area contributed by atoms with Gasteiger partial charge < -0.3 is 9.84 Å². The first-order valence-electron chi connectivity index (χ1n) is 7.74. The van der Waals surface area contributed by atoms with Gasteiger partial charge >= 0.3 is 5.97 Å². The van der Waals surface area contributed by atoms with E-state index in [0.717, 1.165) is 32.7 Å². The summed E-state index contributed by atoms with van der Waals surface area (Å²) in [6.45, 7) is 11.7. The molecule has 0 aliphatic carbocycles. The van der Waals surface area contributed by atoms with Crippen LogP contribution in [0.25, 0.3) is 0 Å². The van der Waals surface area contributed by atoms with Crippen molar-refractivity contribution in [3.63, 3.8) is 0 Å². The fourth-order valence-corrected chi connectivity index (χ4v) is 2.92. The maximum absolute atomic E-state index is 11.6. The van der Waals surface area contributed by atoms with Crippen LogP contribution < -0.4 is 5.32 Å². The molecule has 0 spiro atoms. The Bertz CT molecular complexity index is 309. The lowest BCUT2D eigenvalue weighted by Gasteiger charge is -2.34. The number of nitrogens with one attached hydrogen (secondary N) is 1. The highest BCUT2D eigenvalue weighted by Gasteiger charge is 2.36. The van der Waals surface area contributed by atoms with Crippen LogP contribution in [0.5, 0.6) is 0 Å². The normalized spacial score (nSPS) is 23.8. The van der Waals surface area contributed by atoms with Gasteiger partial charge in [-0.1, -0.05) is 6.92 Å². The Morgan fingerprint density at radius 3 is 2.75 bits per heavy atom. The highest BCUT2D eigenvalue weighted by atomic mass is 16.5. The van der Waals surface area contributed by atoms with Crippen LogP contribution >= 0.6 is 0 Å². The minimum Gasteiger partial charge on any atom is -0.480 e. The number of rotatable bonds is 8. The molecular formula is C15H30N2O3. The molecule has 0 aromatic heterocycles. The first kappa shape index (κ1) is 17.4. The van der Waals surface area contributed by atoms with Crippen LogP contribution in [0.3, 0.4) is 0 Å². The van der Waals surface area contributed by atoms with E-state index in [4.69, 9.17) is 4.74 Å². The number of carboxylic acids is 1. The van der Waals surface area contributed by atoms with Gasteiger partial charge in [-0.05, 0) is 46.6 Å². The summed E-state index contributed by atoms with van der Waals surface area (Å²) in [6.07, 6.45) is 2.46. The summed E-state index contributed by atoms with van der Waals surface area (Å²) >= 11 is 0. The second kappa shape index (κ2) is 7.96. The largest absolute Gasteiger partial charge is 0.480 e. The van der Waals surface area contributed by atoms with Crippen molar-refractivity contribution in [2.45, 2.75) is 64.6 Å². The summed E-state index contributed by atoms with van der Waals surface area (Å²) in [5.41, 5.74) is -0.786. The maximum atomic E-state index is 11.6. The fraction of sp³-hybridized carbons (Fsp3) is 0.933. The van der Waals surface area contributed by atoms with Crippen molar-refractivity contribution < 1.29 is 14.6 Å². The fourth-order valence-electron chi connectivity index (χ4n) is 2.92. The summed E-state index contributed by atoms with van der Waals surface area (Å²) in [6, 6.07) is 0.175. The molecule has 2 unspecified atom stereocenters. The van der Waals surface area contributed by atoms with Crippen LogP contribution in [0, 0.1) is 0 Å². The number of carbonyl (C=O) groups is 1. The monoisotopic (exact) mass is 286 g/mol. The second-order valence-electron chi connectivity index (χ2n) is 6.13. The van der Waals surface area contributed by atoms with Crippen molar-refractivity contribution in [2.24, 2.45) is 0 Å². The maximum Gasteiger partial charge on any atom is 0.323 e. The van der Waals surface area contributed by atoms with E-state index < -0.39 is 11.5 Å². The topological polar surface area (TPSA) is 61.8 Å². The van der Waals surface area contributed by atoms with Crippen molar-refractivity contribution in [3.05, 3.63) is 0 Å². The zero-order valence-electron chi connectivity index (χ0n) is 13.3. The summed E-state index contributed by atoms with van der Waals surface area (Å²) in [5, 5.41) is 12.8. The van der Waals surface area contributed by atoms with Crippen molar-refractivity contribution in [2.75, 3.05) is 26.2 Å². The number of hydrogen-bond donors (Lipinski definition) is 2. The van der Waals surface area contributed by atoms with Crippen LogP contribution in [0.1, 0.15) is 47.0 Å². The lowest BCUT2D eigenvalue weighted by Crippen LogP contribution is -2.54. The number of nitrogens with zero attached hydrogens (tertiary/aromatic N) is 1. The minimum absolute atomic E-state index is 0.175. The Morgan fingerprint density at radius 2 is 2.25 bits per heavy atom. The van der Waals surface area contributed by atoms with Gasteiger partial charge in [0, 0.05) is 19.1 Å². The molecule has 0 saturated carbocycles. The van der Waals surface area contributed by atoms with Crippen LogP contribution in [-0.2, 0) is 9.53 Å². The molecule has 1 heterocycles. The Morgan fingerprint density at radius 1 is 1.55 bits per heavy atom. The molecule has 118 valence electrons. The van der Waals surface area contributed by atoms with E-state index in [1.165, 1.54) is 0 Å². The zero-order chi connectivity index (χ0) is 15.2. The molecule has 0 bridgehead atoms. The summed E-state index contributed by atoms with van der Waals surface area (Å²) in [7, 11) is 0. The summed E-state index contributed by atoms with van der Waals surface area (Å²) < 4.78 is 5.52. The first-order valence-corrected chi connectivity index (χ1v) is 7.74. The third kappa shape index (κ3) is 5.04. The molecule has 2 atom stereocenters. The molecule has 5 nitrogen and oxygen atoms in total. The Balaban J connectivity index is 2.47. The number of ether oxygens (including phenoxy) is 1. The molecule has 0 radical (unpaired) electrons. The molecule has 5 heteroatoms. The van der Waals surface area contributed by atoms with E-state index in [2.05, 4.69) is 17.1 Å². The molecule has 1 aliphatic heterocycles. The van der Waals surface area contributed by atoms with E-state index in [9.17, 15) is 9.90 Å². The molecule has 1 aliphatic rings. The molecule has 1 rings (SSSR count). The second-order valence-corrected chi connectivity index (χ2v) is 6.13. The van der Waals surface area contributed by atoms with E-state index in [1.54, 1.807) is 0 Å². The lowest BCUT2D eigenvalue weighted by atomic mass is 9.89. The smallest absolute Gasteiger partial charge is 0.323 e. The van der Waals surface area contributed by atoms with E-state index in [0.29, 0.717) is 12.8 Å². The van der Waals surface area contributed by atoms with Crippen molar-refractivity contribution in [1.82, 2.24) is 10.2 Å². The van der Waals surface area contributed by atoms with Gasteiger partial charge in [-0.15, -0.1) is 0 Å². The predicted molar refractivity (Wildman–Crippen MR) is 80.0 cm³/mol. The molecular weight excluding hydrogens is 256 g/mol. The molecule has 0 aromatic carbocycles. The van der Waals surface area contributed by atoms with Gasteiger partial charge in [0.1, 0.15) is 5.54 Å². The van der Waals surface area contributed by atoms with Gasteiger partial charge in [0.25, 0.3) is 0 Å². The molecule has 1 saturated heterocycles. The number of aliphatic carboxylic acids is 1. The molecule has 0 aromatic rings. The van der Waals surface area contributed by atoms with Gasteiger partial charge in [0.05, 0.1) is 12.7 Å². The van der Waals surface area contributed by atoms with Gasteiger partial charge in [-0.2, -0.15) is 0 Å². The zero-order valence-corrected chi connectivity index (χ0v) is 13.3. The average Bonchev–Trinajstić information content (AvgIpc) is 2.36. The number of hydrogen-bond acceptors (Lipinski definition) is 4.